The van der Waals surface area contributed by atoms with E-state index in [9.17, 15) is 4.39 Å². The van der Waals surface area contributed by atoms with Gasteiger partial charge in [0.25, 0.3) is 0 Å². The molecule has 0 fully saturated rings. The number of nitrogens with two attached hydrogens (primary N) is 1. The second kappa shape index (κ2) is 5.08. The molecule has 0 aliphatic rings. The van der Waals surface area contributed by atoms with Gasteiger partial charge in [0.15, 0.2) is 0 Å². The molecule has 2 aromatic carbocycles. The molecule has 2 rings (SSSR count). The largest absolute Gasteiger partial charge is 0.399 e. The van der Waals surface area contributed by atoms with Crippen molar-refractivity contribution < 1.29 is 4.39 Å². The highest BCUT2D eigenvalue weighted by molar-refractivity contribution is 5.58. The molecule has 1 unspecified atom stereocenters. The van der Waals surface area contributed by atoms with Gasteiger partial charge in [-0.15, -0.1) is 0 Å². The lowest BCUT2D eigenvalue weighted by molar-refractivity contribution is 0.623. The quantitative estimate of drug-likeness (QED) is 0.804. The average Bonchev–Trinajstić information content (AvgIpc) is 2.32. The number of rotatable bonds is 3. The van der Waals surface area contributed by atoms with Gasteiger partial charge in [-0.3, -0.25) is 0 Å². The Balaban J connectivity index is 2.18. The van der Waals surface area contributed by atoms with Crippen LogP contribution in [0.1, 0.15) is 24.1 Å². The normalized spacial score (nSPS) is 12.2. The second-order valence-corrected chi connectivity index (χ2v) is 4.50. The summed E-state index contributed by atoms with van der Waals surface area (Å²) in [4.78, 5) is 0. The minimum Gasteiger partial charge on any atom is -0.399 e. The lowest BCUT2D eigenvalue weighted by atomic mass is 10.1. The van der Waals surface area contributed by atoms with Crippen LogP contribution in [0.4, 0.5) is 15.8 Å². The molecule has 0 saturated carbocycles. The van der Waals surface area contributed by atoms with E-state index in [0.29, 0.717) is 0 Å². The van der Waals surface area contributed by atoms with Gasteiger partial charge in [-0.05, 0) is 55.3 Å². The zero-order chi connectivity index (χ0) is 13.1. The Morgan fingerprint density at radius 2 is 1.94 bits per heavy atom. The van der Waals surface area contributed by atoms with E-state index in [4.69, 9.17) is 5.73 Å². The molecule has 0 aromatic heterocycles. The third-order valence-electron chi connectivity index (χ3n) is 2.97. The highest BCUT2D eigenvalue weighted by atomic mass is 19.1. The van der Waals surface area contributed by atoms with Gasteiger partial charge in [0, 0.05) is 17.4 Å². The standard InChI is InChI=1S/C15H17FN2/c1-10-8-14(17)6-7-15(10)18-11(2)12-4-3-5-13(16)9-12/h3-9,11,18H,17H2,1-2H3. The van der Waals surface area contributed by atoms with E-state index in [1.54, 1.807) is 12.1 Å². The lowest BCUT2D eigenvalue weighted by Gasteiger charge is -2.17. The van der Waals surface area contributed by atoms with Crippen molar-refractivity contribution >= 4 is 11.4 Å². The van der Waals surface area contributed by atoms with Crippen molar-refractivity contribution in [1.29, 1.82) is 0 Å². The molecule has 0 heterocycles. The highest BCUT2D eigenvalue weighted by Gasteiger charge is 2.07. The molecule has 94 valence electrons. The van der Waals surface area contributed by atoms with Crippen LogP contribution in [0.3, 0.4) is 0 Å². The van der Waals surface area contributed by atoms with E-state index in [0.717, 1.165) is 22.5 Å². The Morgan fingerprint density at radius 1 is 1.17 bits per heavy atom. The maximum absolute atomic E-state index is 13.2. The minimum atomic E-state index is -0.213. The first kappa shape index (κ1) is 12.4. The van der Waals surface area contributed by atoms with Gasteiger partial charge in [-0.2, -0.15) is 0 Å². The van der Waals surface area contributed by atoms with Crippen molar-refractivity contribution in [3.8, 4) is 0 Å². The van der Waals surface area contributed by atoms with Gasteiger partial charge >= 0.3 is 0 Å². The SMILES string of the molecule is Cc1cc(N)ccc1NC(C)c1cccc(F)c1. The fourth-order valence-corrected chi connectivity index (χ4v) is 1.94. The highest BCUT2D eigenvalue weighted by Crippen LogP contribution is 2.23. The van der Waals surface area contributed by atoms with Crippen LogP contribution in [0.2, 0.25) is 0 Å². The van der Waals surface area contributed by atoms with Gasteiger partial charge in [-0.1, -0.05) is 12.1 Å². The third-order valence-corrected chi connectivity index (χ3v) is 2.97. The fraction of sp³-hybridized carbons (Fsp3) is 0.200. The maximum atomic E-state index is 13.2. The third kappa shape index (κ3) is 2.80. The van der Waals surface area contributed by atoms with Crippen LogP contribution >= 0.6 is 0 Å². The first-order valence-corrected chi connectivity index (χ1v) is 5.94. The van der Waals surface area contributed by atoms with E-state index in [1.807, 2.05) is 38.1 Å². The van der Waals surface area contributed by atoms with E-state index < -0.39 is 0 Å². The Kier molecular flexibility index (Phi) is 3.51. The predicted octanol–water partition coefficient (Wildman–Crippen LogP) is 3.89. The Bertz CT molecular complexity index is 552. The first-order valence-electron chi connectivity index (χ1n) is 5.94. The van der Waals surface area contributed by atoms with Crippen molar-refractivity contribution in [3.63, 3.8) is 0 Å². The molecular weight excluding hydrogens is 227 g/mol. The molecule has 0 saturated heterocycles. The molecular formula is C15H17FN2. The van der Waals surface area contributed by atoms with Crippen LogP contribution in [0, 0.1) is 12.7 Å². The molecule has 0 aliphatic carbocycles. The molecule has 18 heavy (non-hydrogen) atoms. The van der Waals surface area contributed by atoms with Crippen LogP contribution in [-0.2, 0) is 0 Å². The van der Waals surface area contributed by atoms with Gasteiger partial charge in [-0.25, -0.2) is 4.39 Å². The number of benzene rings is 2. The first-order chi connectivity index (χ1) is 8.56. The van der Waals surface area contributed by atoms with Crippen LogP contribution in [0.25, 0.3) is 0 Å². The van der Waals surface area contributed by atoms with Crippen LogP contribution < -0.4 is 11.1 Å². The van der Waals surface area contributed by atoms with Crippen LogP contribution in [-0.4, -0.2) is 0 Å². The second-order valence-electron chi connectivity index (χ2n) is 4.50. The maximum Gasteiger partial charge on any atom is 0.123 e. The summed E-state index contributed by atoms with van der Waals surface area (Å²) in [6.07, 6.45) is 0. The summed E-state index contributed by atoms with van der Waals surface area (Å²) >= 11 is 0. The Morgan fingerprint density at radius 3 is 2.61 bits per heavy atom. The molecule has 0 aliphatic heterocycles. The van der Waals surface area contributed by atoms with Gasteiger partial charge in [0.2, 0.25) is 0 Å². The minimum absolute atomic E-state index is 0.0445. The zero-order valence-corrected chi connectivity index (χ0v) is 10.6. The summed E-state index contributed by atoms with van der Waals surface area (Å²) in [5.41, 5.74) is 9.48. The van der Waals surface area contributed by atoms with Crippen molar-refractivity contribution in [3.05, 3.63) is 59.4 Å². The van der Waals surface area contributed by atoms with Crippen molar-refractivity contribution in [2.24, 2.45) is 0 Å². The Labute approximate surface area is 107 Å². The summed E-state index contributed by atoms with van der Waals surface area (Å²) in [5, 5.41) is 3.36. The van der Waals surface area contributed by atoms with Gasteiger partial charge in [0.05, 0.1) is 0 Å². The van der Waals surface area contributed by atoms with E-state index >= 15 is 0 Å². The molecule has 0 radical (unpaired) electrons. The van der Waals surface area contributed by atoms with E-state index in [1.165, 1.54) is 6.07 Å². The van der Waals surface area contributed by atoms with Gasteiger partial charge < -0.3 is 11.1 Å². The van der Waals surface area contributed by atoms with E-state index in [-0.39, 0.29) is 11.9 Å². The predicted molar refractivity (Wildman–Crippen MR) is 74.0 cm³/mol. The van der Waals surface area contributed by atoms with Crippen LogP contribution in [0.5, 0.6) is 0 Å². The monoisotopic (exact) mass is 244 g/mol. The summed E-state index contributed by atoms with van der Waals surface area (Å²) in [6, 6.07) is 12.4. The van der Waals surface area contributed by atoms with Crippen LogP contribution in [0.15, 0.2) is 42.5 Å². The smallest absolute Gasteiger partial charge is 0.123 e. The van der Waals surface area contributed by atoms with Crippen molar-refractivity contribution in [1.82, 2.24) is 0 Å². The number of halogens is 1. The number of anilines is 2. The molecule has 2 nitrogen and oxygen atoms in total. The number of hydrogen-bond donors (Lipinski definition) is 2. The average molecular weight is 244 g/mol. The van der Waals surface area contributed by atoms with Crippen molar-refractivity contribution in [2.75, 3.05) is 11.1 Å². The van der Waals surface area contributed by atoms with Crippen molar-refractivity contribution in [2.45, 2.75) is 19.9 Å². The summed E-state index contributed by atoms with van der Waals surface area (Å²) < 4.78 is 13.2. The molecule has 3 heteroatoms. The number of nitrogen functional groups attached to an aromatic ring is 1. The van der Waals surface area contributed by atoms with E-state index in [2.05, 4.69) is 5.32 Å². The Hall–Kier alpha value is -2.03. The molecule has 0 amide bonds. The number of aryl methyl sites for hydroxylation is 1. The molecule has 3 N–H and O–H groups in total. The summed E-state index contributed by atoms with van der Waals surface area (Å²) in [5.74, 6) is -0.213. The summed E-state index contributed by atoms with van der Waals surface area (Å²) in [6.45, 7) is 4.00. The number of nitrogens with one attached hydrogen (secondary N) is 1. The van der Waals surface area contributed by atoms with Gasteiger partial charge in [0.1, 0.15) is 5.82 Å². The molecule has 2 aromatic rings. The topological polar surface area (TPSA) is 38.0 Å². The lowest BCUT2D eigenvalue weighted by Crippen LogP contribution is -2.08. The fourth-order valence-electron chi connectivity index (χ4n) is 1.94. The molecule has 0 spiro atoms. The molecule has 1 atom stereocenters. The number of hydrogen-bond acceptors (Lipinski definition) is 2. The summed E-state index contributed by atoms with van der Waals surface area (Å²) in [7, 11) is 0. The molecule has 0 bridgehead atoms. The zero-order valence-electron chi connectivity index (χ0n) is 10.6.